The van der Waals surface area contributed by atoms with E-state index in [0.717, 1.165) is 25.1 Å². The van der Waals surface area contributed by atoms with E-state index in [-0.39, 0.29) is 36.7 Å². The van der Waals surface area contributed by atoms with Crippen molar-refractivity contribution in [3.63, 3.8) is 0 Å². The Morgan fingerprint density at radius 3 is 2.61 bits per heavy atom. The highest BCUT2D eigenvalue weighted by Crippen LogP contribution is 2.16. The monoisotopic (exact) mass is 357 g/mol. The first-order valence-electron chi connectivity index (χ1n) is 7.65. The van der Waals surface area contributed by atoms with Gasteiger partial charge in [-0.05, 0) is 30.7 Å². The molecule has 1 aromatic carbocycles. The fourth-order valence-corrected chi connectivity index (χ4v) is 3.12. The van der Waals surface area contributed by atoms with Crippen molar-refractivity contribution in [1.29, 1.82) is 0 Å². The summed E-state index contributed by atoms with van der Waals surface area (Å²) in [6.45, 7) is 3.60. The van der Waals surface area contributed by atoms with Crippen LogP contribution in [0.3, 0.4) is 0 Å². The average Bonchev–Trinajstić information content (AvgIpc) is 3.05. The number of hydrogen-bond acceptors (Lipinski definition) is 3. The first-order chi connectivity index (χ1) is 10.6. The summed E-state index contributed by atoms with van der Waals surface area (Å²) in [6.07, 6.45) is 0.873. The maximum absolute atomic E-state index is 12.3. The third-order valence-corrected chi connectivity index (χ3v) is 4.58. The Morgan fingerprint density at radius 1 is 1.26 bits per heavy atom. The van der Waals surface area contributed by atoms with Crippen LogP contribution >= 0.6 is 24.0 Å². The van der Waals surface area contributed by atoms with Gasteiger partial charge in [0.1, 0.15) is 0 Å². The van der Waals surface area contributed by atoms with Gasteiger partial charge in [-0.2, -0.15) is 0 Å². The second-order valence-electron chi connectivity index (χ2n) is 5.89. The van der Waals surface area contributed by atoms with Crippen molar-refractivity contribution >= 4 is 35.8 Å². The van der Waals surface area contributed by atoms with Crippen LogP contribution < -0.4 is 5.32 Å². The molecule has 1 unspecified atom stereocenters. The molecule has 2 aliphatic heterocycles. The summed E-state index contributed by atoms with van der Waals surface area (Å²) in [7, 11) is 0. The molecule has 2 heterocycles. The number of carbonyl (C=O) groups excluding carboxylic acids is 2. The van der Waals surface area contributed by atoms with Crippen molar-refractivity contribution in [2.45, 2.75) is 13.0 Å². The first kappa shape index (κ1) is 18.0. The molecule has 3 rings (SSSR count). The van der Waals surface area contributed by atoms with Crippen LogP contribution in [0, 0.1) is 5.92 Å². The molecule has 126 valence electrons. The molecule has 1 N–H and O–H groups in total. The third-order valence-electron chi connectivity index (χ3n) is 4.33. The number of nitrogens with one attached hydrogen (secondary N) is 1. The second-order valence-corrected chi connectivity index (χ2v) is 6.33. The molecular weight excluding hydrogens is 337 g/mol. The number of carbonyl (C=O) groups is 2. The lowest BCUT2D eigenvalue weighted by molar-refractivity contribution is -0.147. The number of nitrogens with zero attached hydrogens (tertiary/aromatic N) is 2. The van der Waals surface area contributed by atoms with E-state index in [0.29, 0.717) is 24.7 Å². The van der Waals surface area contributed by atoms with Crippen molar-refractivity contribution in [3.05, 3.63) is 34.9 Å². The fraction of sp³-hybridized carbons (Fsp3) is 0.500. The molecular formula is C16H21Cl2N3O2. The van der Waals surface area contributed by atoms with Gasteiger partial charge in [-0.3, -0.25) is 9.59 Å². The first-order valence-corrected chi connectivity index (χ1v) is 8.03. The number of hydrogen-bond donors (Lipinski definition) is 1. The molecule has 2 saturated heterocycles. The topological polar surface area (TPSA) is 52.7 Å². The number of piperazine rings is 1. The van der Waals surface area contributed by atoms with Gasteiger partial charge in [0.25, 0.3) is 0 Å². The summed E-state index contributed by atoms with van der Waals surface area (Å²) in [5.74, 6) is 0.167. The van der Waals surface area contributed by atoms with E-state index < -0.39 is 0 Å². The van der Waals surface area contributed by atoms with Gasteiger partial charge in [0.2, 0.25) is 11.8 Å². The molecule has 0 radical (unpaired) electrons. The number of rotatable bonds is 3. The maximum Gasteiger partial charge on any atom is 0.242 e. The lowest BCUT2D eigenvalue weighted by Crippen LogP contribution is -2.53. The predicted octanol–water partition coefficient (Wildman–Crippen LogP) is 1.54. The van der Waals surface area contributed by atoms with Gasteiger partial charge < -0.3 is 15.1 Å². The van der Waals surface area contributed by atoms with Gasteiger partial charge >= 0.3 is 0 Å². The molecule has 5 nitrogen and oxygen atoms in total. The molecule has 2 amide bonds. The third kappa shape index (κ3) is 4.37. The van der Waals surface area contributed by atoms with Gasteiger partial charge in [-0.15, -0.1) is 12.4 Å². The maximum atomic E-state index is 12.3. The van der Waals surface area contributed by atoms with Crippen LogP contribution in [0.4, 0.5) is 0 Å². The highest BCUT2D eigenvalue weighted by Gasteiger charge is 2.32. The predicted molar refractivity (Wildman–Crippen MR) is 91.7 cm³/mol. The summed E-state index contributed by atoms with van der Waals surface area (Å²) in [4.78, 5) is 28.1. The van der Waals surface area contributed by atoms with Crippen molar-refractivity contribution in [2.24, 2.45) is 5.92 Å². The van der Waals surface area contributed by atoms with E-state index in [1.54, 1.807) is 9.80 Å². The van der Waals surface area contributed by atoms with E-state index in [1.165, 1.54) is 0 Å². The Kier molecular flexibility index (Phi) is 6.27. The van der Waals surface area contributed by atoms with Crippen LogP contribution in [-0.2, 0) is 16.1 Å². The highest BCUT2D eigenvalue weighted by molar-refractivity contribution is 6.30. The molecule has 0 saturated carbocycles. The average molecular weight is 358 g/mol. The SMILES string of the molecule is Cl.O=C1CN(C(=O)C2CCNC2)CCN1Cc1ccc(Cl)cc1. The van der Waals surface area contributed by atoms with Gasteiger partial charge in [-0.25, -0.2) is 0 Å². The highest BCUT2D eigenvalue weighted by atomic mass is 35.5. The van der Waals surface area contributed by atoms with Gasteiger partial charge in [-0.1, -0.05) is 23.7 Å². The van der Waals surface area contributed by atoms with Crippen LogP contribution in [0.1, 0.15) is 12.0 Å². The normalized spacial score (nSPS) is 21.3. The molecule has 0 aliphatic carbocycles. The van der Waals surface area contributed by atoms with Gasteiger partial charge in [0.05, 0.1) is 12.5 Å². The van der Waals surface area contributed by atoms with E-state index in [1.807, 2.05) is 24.3 Å². The zero-order valence-corrected chi connectivity index (χ0v) is 14.4. The van der Waals surface area contributed by atoms with Crippen molar-refractivity contribution in [1.82, 2.24) is 15.1 Å². The molecule has 1 atom stereocenters. The Bertz CT molecular complexity index is 559. The minimum Gasteiger partial charge on any atom is -0.335 e. The molecule has 23 heavy (non-hydrogen) atoms. The minimum atomic E-state index is 0. The molecule has 2 aliphatic rings. The lowest BCUT2D eigenvalue weighted by Gasteiger charge is -2.35. The minimum absolute atomic E-state index is 0. The summed E-state index contributed by atoms with van der Waals surface area (Å²) >= 11 is 5.87. The Hall–Kier alpha value is -1.30. The summed E-state index contributed by atoms with van der Waals surface area (Å²) in [6, 6.07) is 7.51. The van der Waals surface area contributed by atoms with E-state index >= 15 is 0 Å². The van der Waals surface area contributed by atoms with Crippen LogP contribution in [0.2, 0.25) is 5.02 Å². The molecule has 0 bridgehead atoms. The van der Waals surface area contributed by atoms with Gasteiger partial charge in [0.15, 0.2) is 0 Å². The van der Waals surface area contributed by atoms with E-state index in [2.05, 4.69) is 5.32 Å². The van der Waals surface area contributed by atoms with Crippen LogP contribution in [0.25, 0.3) is 0 Å². The molecule has 0 spiro atoms. The fourth-order valence-electron chi connectivity index (χ4n) is 3.00. The van der Waals surface area contributed by atoms with Crippen LogP contribution in [-0.4, -0.2) is 54.3 Å². The largest absolute Gasteiger partial charge is 0.335 e. The quantitative estimate of drug-likeness (QED) is 0.892. The van der Waals surface area contributed by atoms with Crippen LogP contribution in [0.5, 0.6) is 0 Å². The smallest absolute Gasteiger partial charge is 0.242 e. The Morgan fingerprint density at radius 2 is 2.00 bits per heavy atom. The summed E-state index contributed by atoms with van der Waals surface area (Å²) in [5.41, 5.74) is 1.05. The summed E-state index contributed by atoms with van der Waals surface area (Å²) in [5, 5.41) is 3.89. The van der Waals surface area contributed by atoms with E-state index in [9.17, 15) is 9.59 Å². The van der Waals surface area contributed by atoms with Crippen molar-refractivity contribution in [2.75, 3.05) is 32.7 Å². The van der Waals surface area contributed by atoms with Crippen molar-refractivity contribution < 1.29 is 9.59 Å². The van der Waals surface area contributed by atoms with E-state index in [4.69, 9.17) is 11.6 Å². The zero-order chi connectivity index (χ0) is 15.5. The number of benzene rings is 1. The van der Waals surface area contributed by atoms with Crippen LogP contribution in [0.15, 0.2) is 24.3 Å². The standard InChI is InChI=1S/C16H20ClN3O2.ClH/c17-14-3-1-12(2-4-14)10-19-7-8-20(11-15(19)21)16(22)13-5-6-18-9-13;/h1-4,13,18H,5-11H2;1H. The molecule has 2 fully saturated rings. The number of amides is 2. The summed E-state index contributed by atoms with van der Waals surface area (Å²) < 4.78 is 0. The lowest BCUT2D eigenvalue weighted by atomic mass is 10.1. The zero-order valence-electron chi connectivity index (χ0n) is 12.8. The Labute approximate surface area is 147 Å². The van der Waals surface area contributed by atoms with Gasteiger partial charge in [0, 0.05) is 31.2 Å². The molecule has 0 aromatic heterocycles. The number of halogens is 2. The Balaban J connectivity index is 0.00000192. The molecule has 1 aromatic rings. The molecule has 7 heteroatoms. The second kappa shape index (κ2) is 7.99. The van der Waals surface area contributed by atoms with Crippen molar-refractivity contribution in [3.8, 4) is 0 Å².